The van der Waals surface area contributed by atoms with Crippen LogP contribution in [0, 0.1) is 5.82 Å². The average molecular weight is 287 g/mol. The number of halogens is 1. The number of rotatable bonds is 4. The molecule has 0 amide bonds. The molecule has 7 heteroatoms. The highest BCUT2D eigenvalue weighted by molar-refractivity contribution is 7.89. The lowest BCUT2D eigenvalue weighted by Gasteiger charge is -2.19. The summed E-state index contributed by atoms with van der Waals surface area (Å²) in [6.45, 7) is 1.34. The molecule has 1 unspecified atom stereocenters. The summed E-state index contributed by atoms with van der Waals surface area (Å²) in [6.07, 6.45) is 2.05. The van der Waals surface area contributed by atoms with Crippen molar-refractivity contribution in [3.05, 3.63) is 24.0 Å². The predicted octanol–water partition coefficient (Wildman–Crippen LogP) is 0.780. The first-order valence-electron chi connectivity index (χ1n) is 6.15. The van der Waals surface area contributed by atoms with E-state index in [0.717, 1.165) is 31.5 Å². The van der Waals surface area contributed by atoms with Crippen LogP contribution < -0.4 is 10.5 Å². The molecule has 1 aromatic rings. The Labute approximate surface area is 112 Å². The van der Waals surface area contributed by atoms with Crippen molar-refractivity contribution in [1.82, 2.24) is 9.62 Å². The molecule has 1 atom stereocenters. The minimum Gasteiger partial charge on any atom is -0.396 e. The molecule has 1 saturated heterocycles. The van der Waals surface area contributed by atoms with Gasteiger partial charge in [-0.05, 0) is 44.6 Å². The van der Waals surface area contributed by atoms with Gasteiger partial charge in [-0.25, -0.2) is 17.5 Å². The van der Waals surface area contributed by atoms with E-state index in [1.165, 1.54) is 6.07 Å². The summed E-state index contributed by atoms with van der Waals surface area (Å²) < 4.78 is 39.7. The zero-order valence-corrected chi connectivity index (χ0v) is 11.6. The highest BCUT2D eigenvalue weighted by Gasteiger charge is 2.23. The van der Waals surface area contributed by atoms with Crippen molar-refractivity contribution in [3.63, 3.8) is 0 Å². The number of likely N-dealkylation sites (N-methyl/N-ethyl adjacent to an activating group) is 1. The molecule has 2 rings (SSSR count). The number of nitrogens with two attached hydrogens (primary N) is 1. The van der Waals surface area contributed by atoms with Gasteiger partial charge in [0.25, 0.3) is 0 Å². The molecular formula is C12H18FN3O2S. The number of likely N-dealkylation sites (tertiary alicyclic amines) is 1. The fraction of sp³-hybridized carbons (Fsp3) is 0.500. The summed E-state index contributed by atoms with van der Waals surface area (Å²) >= 11 is 0. The predicted molar refractivity (Wildman–Crippen MR) is 71.7 cm³/mol. The Morgan fingerprint density at radius 2 is 2.26 bits per heavy atom. The Hall–Kier alpha value is -1.18. The monoisotopic (exact) mass is 287 g/mol. The summed E-state index contributed by atoms with van der Waals surface area (Å²) in [7, 11) is -1.66. The Kier molecular flexibility index (Phi) is 4.07. The molecule has 3 N–H and O–H groups in total. The summed E-state index contributed by atoms with van der Waals surface area (Å²) in [6, 6.07) is 3.63. The van der Waals surface area contributed by atoms with Crippen LogP contribution in [0.4, 0.5) is 10.1 Å². The van der Waals surface area contributed by atoms with Crippen LogP contribution in [-0.2, 0) is 10.0 Å². The number of sulfonamides is 1. The first kappa shape index (κ1) is 14.2. The topological polar surface area (TPSA) is 75.4 Å². The van der Waals surface area contributed by atoms with Crippen molar-refractivity contribution in [2.45, 2.75) is 23.8 Å². The first-order valence-corrected chi connectivity index (χ1v) is 7.63. The minimum atomic E-state index is -3.63. The smallest absolute Gasteiger partial charge is 0.240 e. The van der Waals surface area contributed by atoms with Gasteiger partial charge in [-0.2, -0.15) is 0 Å². The van der Waals surface area contributed by atoms with Crippen LogP contribution >= 0.6 is 0 Å². The molecule has 5 nitrogen and oxygen atoms in total. The molecule has 0 aromatic heterocycles. The van der Waals surface area contributed by atoms with Gasteiger partial charge in [-0.3, -0.25) is 0 Å². The summed E-state index contributed by atoms with van der Waals surface area (Å²) in [5, 5.41) is 0. The second-order valence-electron chi connectivity index (χ2n) is 4.81. The molecule has 106 valence electrons. The number of hydrogen-bond acceptors (Lipinski definition) is 4. The lowest BCUT2D eigenvalue weighted by Crippen LogP contribution is -2.38. The van der Waals surface area contributed by atoms with Crippen molar-refractivity contribution in [2.24, 2.45) is 0 Å². The van der Waals surface area contributed by atoms with Crippen LogP contribution in [0.1, 0.15) is 12.8 Å². The molecule has 1 aliphatic heterocycles. The molecule has 19 heavy (non-hydrogen) atoms. The van der Waals surface area contributed by atoms with Gasteiger partial charge in [-0.1, -0.05) is 0 Å². The number of benzene rings is 1. The molecule has 0 radical (unpaired) electrons. The molecule has 1 aliphatic rings. The van der Waals surface area contributed by atoms with Crippen molar-refractivity contribution in [1.29, 1.82) is 0 Å². The minimum absolute atomic E-state index is 0.00736. The van der Waals surface area contributed by atoms with Gasteiger partial charge in [0.15, 0.2) is 0 Å². The summed E-state index contributed by atoms with van der Waals surface area (Å²) in [4.78, 5) is 2.12. The van der Waals surface area contributed by atoms with Crippen LogP contribution in [0.5, 0.6) is 0 Å². The third kappa shape index (κ3) is 3.23. The van der Waals surface area contributed by atoms with Crippen LogP contribution in [-0.4, -0.2) is 39.5 Å². The van der Waals surface area contributed by atoms with Crippen LogP contribution in [0.25, 0.3) is 0 Å². The fourth-order valence-corrected chi connectivity index (χ4v) is 3.32. The van der Waals surface area contributed by atoms with Crippen LogP contribution in [0.3, 0.4) is 0 Å². The number of hydrogen-bond donors (Lipinski definition) is 2. The van der Waals surface area contributed by atoms with Crippen molar-refractivity contribution in [2.75, 3.05) is 25.9 Å². The van der Waals surface area contributed by atoms with Gasteiger partial charge in [0.05, 0.1) is 10.6 Å². The Bertz CT molecular complexity index is 562. The lowest BCUT2D eigenvalue weighted by molar-refractivity contribution is 0.311. The zero-order valence-electron chi connectivity index (χ0n) is 10.8. The number of nitrogens with one attached hydrogen (secondary N) is 1. The normalized spacial score (nSPS) is 20.8. The Morgan fingerprint density at radius 3 is 2.84 bits per heavy atom. The van der Waals surface area contributed by atoms with Crippen molar-refractivity contribution < 1.29 is 12.8 Å². The van der Waals surface area contributed by atoms with E-state index in [2.05, 4.69) is 9.62 Å². The molecule has 0 saturated carbocycles. The van der Waals surface area contributed by atoms with Gasteiger partial charge in [-0.15, -0.1) is 0 Å². The van der Waals surface area contributed by atoms with Gasteiger partial charge in [0.2, 0.25) is 10.0 Å². The van der Waals surface area contributed by atoms with E-state index in [0.29, 0.717) is 6.54 Å². The third-order valence-corrected chi connectivity index (χ3v) is 4.88. The van der Waals surface area contributed by atoms with E-state index in [4.69, 9.17) is 5.73 Å². The Morgan fingerprint density at radius 1 is 1.53 bits per heavy atom. The van der Waals surface area contributed by atoms with Gasteiger partial charge in [0.1, 0.15) is 5.82 Å². The second-order valence-corrected chi connectivity index (χ2v) is 6.58. The molecule has 0 bridgehead atoms. The highest BCUT2D eigenvalue weighted by atomic mass is 32.2. The Balaban J connectivity index is 2.07. The number of nitrogens with zero attached hydrogens (tertiary/aromatic N) is 1. The maximum Gasteiger partial charge on any atom is 0.240 e. The second kappa shape index (κ2) is 5.44. The van der Waals surface area contributed by atoms with Gasteiger partial charge < -0.3 is 10.6 Å². The molecule has 0 spiro atoms. The van der Waals surface area contributed by atoms with E-state index >= 15 is 0 Å². The van der Waals surface area contributed by atoms with Crippen molar-refractivity contribution >= 4 is 15.7 Å². The maximum absolute atomic E-state index is 13.0. The summed E-state index contributed by atoms with van der Waals surface area (Å²) in [5.74, 6) is -0.616. The molecule has 1 heterocycles. The SMILES string of the molecule is CN1CCCC1CNS(=O)(=O)c1ccc(F)c(N)c1. The van der Waals surface area contributed by atoms with E-state index in [1.807, 2.05) is 7.05 Å². The lowest BCUT2D eigenvalue weighted by atomic mass is 10.2. The number of nitrogen functional groups attached to an aromatic ring is 1. The molecule has 0 aliphatic carbocycles. The van der Waals surface area contributed by atoms with E-state index in [1.54, 1.807) is 0 Å². The van der Waals surface area contributed by atoms with Crippen LogP contribution in [0.2, 0.25) is 0 Å². The quantitative estimate of drug-likeness (QED) is 0.803. The van der Waals surface area contributed by atoms with Crippen molar-refractivity contribution in [3.8, 4) is 0 Å². The molecular weight excluding hydrogens is 269 g/mol. The number of anilines is 1. The highest BCUT2D eigenvalue weighted by Crippen LogP contribution is 2.18. The summed E-state index contributed by atoms with van der Waals surface area (Å²) in [5.41, 5.74) is 5.22. The fourth-order valence-electron chi connectivity index (χ4n) is 2.22. The molecule has 1 fully saturated rings. The third-order valence-electron chi connectivity index (χ3n) is 3.46. The van der Waals surface area contributed by atoms with E-state index < -0.39 is 15.8 Å². The molecule has 1 aromatic carbocycles. The van der Waals surface area contributed by atoms with Gasteiger partial charge in [0, 0.05) is 12.6 Å². The first-order chi connectivity index (χ1) is 8.90. The van der Waals surface area contributed by atoms with E-state index in [9.17, 15) is 12.8 Å². The van der Waals surface area contributed by atoms with Crippen LogP contribution in [0.15, 0.2) is 23.1 Å². The zero-order chi connectivity index (χ0) is 14.0. The van der Waals surface area contributed by atoms with E-state index in [-0.39, 0.29) is 16.6 Å². The average Bonchev–Trinajstić information content (AvgIpc) is 2.76. The maximum atomic E-state index is 13.0. The van der Waals surface area contributed by atoms with Gasteiger partial charge >= 0.3 is 0 Å². The largest absolute Gasteiger partial charge is 0.396 e. The standard InChI is InChI=1S/C12H18FN3O2S/c1-16-6-2-3-9(16)8-15-19(17,18)10-4-5-11(13)12(14)7-10/h4-5,7,9,15H,2-3,6,8,14H2,1H3.